The first-order valence-electron chi connectivity index (χ1n) is 5.84. The maximum absolute atomic E-state index is 11.7. The van der Waals surface area contributed by atoms with E-state index in [9.17, 15) is 9.59 Å². The summed E-state index contributed by atoms with van der Waals surface area (Å²) in [5, 5.41) is 24.9. The highest BCUT2D eigenvalue weighted by atomic mass is 16.5. The van der Waals surface area contributed by atoms with Crippen LogP contribution in [0.2, 0.25) is 0 Å². The Hall–Kier alpha value is -2.52. The van der Waals surface area contributed by atoms with Crippen molar-refractivity contribution >= 4 is 17.5 Å². The molecule has 0 fully saturated rings. The molecule has 0 amide bonds. The highest BCUT2D eigenvalue weighted by Crippen LogP contribution is 2.07. The van der Waals surface area contributed by atoms with Crippen molar-refractivity contribution in [1.29, 1.82) is 10.7 Å². The van der Waals surface area contributed by atoms with Gasteiger partial charge in [-0.15, -0.1) is 0 Å². The molecule has 0 heterocycles. The van der Waals surface area contributed by atoms with Crippen LogP contribution in [0.5, 0.6) is 0 Å². The summed E-state index contributed by atoms with van der Waals surface area (Å²) in [6.07, 6.45) is 0. The fourth-order valence-electron chi connectivity index (χ4n) is 1.46. The van der Waals surface area contributed by atoms with Gasteiger partial charge in [-0.2, -0.15) is 5.26 Å². The maximum Gasteiger partial charge on any atom is 0.338 e. The number of benzene rings is 1. The van der Waals surface area contributed by atoms with Crippen LogP contribution in [0.25, 0.3) is 0 Å². The Labute approximate surface area is 116 Å². The van der Waals surface area contributed by atoms with Gasteiger partial charge >= 0.3 is 5.97 Å². The van der Waals surface area contributed by atoms with Gasteiger partial charge in [-0.05, 0) is 24.6 Å². The number of rotatable bonds is 6. The summed E-state index contributed by atoms with van der Waals surface area (Å²) in [5.74, 6) is -2.50. The van der Waals surface area contributed by atoms with E-state index >= 15 is 0 Å². The van der Waals surface area contributed by atoms with Crippen LogP contribution in [0.4, 0.5) is 0 Å². The third-order valence-electron chi connectivity index (χ3n) is 2.60. The lowest BCUT2D eigenvalue weighted by atomic mass is 10.0. The van der Waals surface area contributed by atoms with E-state index in [0.717, 1.165) is 0 Å². The molecule has 104 valence electrons. The second-order valence-corrected chi connectivity index (χ2v) is 4.14. The molecule has 0 bridgehead atoms. The second kappa shape index (κ2) is 7.16. The molecule has 0 aromatic heterocycles. The molecule has 0 saturated carbocycles. The van der Waals surface area contributed by atoms with Crippen LogP contribution in [0.15, 0.2) is 24.3 Å². The molecule has 1 unspecified atom stereocenters. The molecule has 1 aromatic carbocycles. The normalized spacial score (nSPS) is 11.2. The predicted molar refractivity (Wildman–Crippen MR) is 70.2 cm³/mol. The van der Waals surface area contributed by atoms with Gasteiger partial charge in [-0.25, -0.2) is 4.79 Å². The van der Waals surface area contributed by atoms with Crippen molar-refractivity contribution in [3.8, 4) is 6.07 Å². The molecule has 0 aliphatic rings. The number of aliphatic hydroxyl groups excluding tert-OH is 1. The Kier molecular flexibility index (Phi) is 5.56. The number of nitrogens with zero attached hydrogens (tertiary/aromatic N) is 1. The van der Waals surface area contributed by atoms with E-state index in [0.29, 0.717) is 5.56 Å². The summed E-state index contributed by atoms with van der Waals surface area (Å²) in [5.41, 5.74) is 0.817. The molecule has 6 heteroatoms. The van der Waals surface area contributed by atoms with Gasteiger partial charge in [0.15, 0.2) is 12.4 Å². The van der Waals surface area contributed by atoms with Crippen LogP contribution in [0.1, 0.15) is 22.8 Å². The van der Waals surface area contributed by atoms with Crippen LogP contribution >= 0.6 is 0 Å². The zero-order valence-corrected chi connectivity index (χ0v) is 10.9. The maximum atomic E-state index is 11.7. The lowest BCUT2D eigenvalue weighted by Gasteiger charge is -2.07. The van der Waals surface area contributed by atoms with Gasteiger partial charge in [0.1, 0.15) is 5.92 Å². The molecular formula is C14H14N2O4. The van der Waals surface area contributed by atoms with E-state index in [1.807, 2.05) is 0 Å². The number of nitrogens with one attached hydrogen (secondary N) is 1. The summed E-state index contributed by atoms with van der Waals surface area (Å²) in [7, 11) is 0. The van der Waals surface area contributed by atoms with E-state index in [4.69, 9.17) is 20.5 Å². The number of nitriles is 1. The minimum Gasteiger partial charge on any atom is -0.454 e. The number of aliphatic hydroxyl groups is 1. The summed E-state index contributed by atoms with van der Waals surface area (Å²) >= 11 is 0. The van der Waals surface area contributed by atoms with Crippen LogP contribution in [0.3, 0.4) is 0 Å². The van der Waals surface area contributed by atoms with Crippen molar-refractivity contribution in [3.05, 3.63) is 35.4 Å². The van der Waals surface area contributed by atoms with Crippen molar-refractivity contribution in [2.24, 2.45) is 5.92 Å². The molecule has 1 rings (SSSR count). The zero-order valence-electron chi connectivity index (χ0n) is 10.9. The predicted octanol–water partition coefficient (Wildman–Crippen LogP) is 1.08. The van der Waals surface area contributed by atoms with Crippen molar-refractivity contribution in [2.45, 2.75) is 13.5 Å². The Morgan fingerprint density at radius 1 is 1.40 bits per heavy atom. The average Bonchev–Trinajstić information content (AvgIpc) is 2.45. The van der Waals surface area contributed by atoms with Crippen molar-refractivity contribution in [2.75, 3.05) is 6.61 Å². The van der Waals surface area contributed by atoms with Crippen LogP contribution < -0.4 is 0 Å². The van der Waals surface area contributed by atoms with Crippen molar-refractivity contribution in [3.63, 3.8) is 0 Å². The zero-order chi connectivity index (χ0) is 15.1. The average molecular weight is 274 g/mol. The molecule has 0 aliphatic heterocycles. The number of hydrogen-bond donors (Lipinski definition) is 2. The monoisotopic (exact) mass is 274 g/mol. The quantitative estimate of drug-likeness (QED) is 0.595. The first-order chi connectivity index (χ1) is 9.49. The van der Waals surface area contributed by atoms with E-state index in [2.05, 4.69) is 0 Å². The largest absolute Gasteiger partial charge is 0.454 e. The van der Waals surface area contributed by atoms with Gasteiger partial charge in [0.05, 0.1) is 18.2 Å². The minimum atomic E-state index is -1.18. The topological polar surface area (TPSA) is 111 Å². The Bertz CT molecular complexity index is 558. The number of ketones is 1. The molecule has 20 heavy (non-hydrogen) atoms. The van der Waals surface area contributed by atoms with E-state index < -0.39 is 24.3 Å². The van der Waals surface area contributed by atoms with Gasteiger partial charge in [0, 0.05) is 5.71 Å². The summed E-state index contributed by atoms with van der Waals surface area (Å²) in [6, 6.07) is 7.77. The molecular weight excluding hydrogens is 260 g/mol. The molecule has 0 aliphatic carbocycles. The number of Topliss-reactive ketones (excluding diaryl/α,β-unsaturated/α-hetero) is 1. The van der Waals surface area contributed by atoms with Gasteiger partial charge in [0.25, 0.3) is 0 Å². The number of esters is 1. The van der Waals surface area contributed by atoms with E-state index in [-0.39, 0.29) is 17.9 Å². The van der Waals surface area contributed by atoms with E-state index in [1.165, 1.54) is 19.1 Å². The molecule has 6 nitrogen and oxygen atoms in total. The lowest BCUT2D eigenvalue weighted by molar-refractivity contribution is -0.122. The first kappa shape index (κ1) is 15.5. The van der Waals surface area contributed by atoms with Crippen molar-refractivity contribution in [1.82, 2.24) is 0 Å². The fraction of sp³-hybridized carbons (Fsp3) is 0.286. The van der Waals surface area contributed by atoms with Crippen molar-refractivity contribution < 1.29 is 19.4 Å². The number of ether oxygens (including phenoxy) is 1. The highest BCUT2D eigenvalue weighted by molar-refractivity contribution is 6.06. The molecule has 2 N–H and O–H groups in total. The third-order valence-corrected chi connectivity index (χ3v) is 2.60. The Morgan fingerprint density at radius 2 is 2.00 bits per heavy atom. The Morgan fingerprint density at radius 3 is 2.45 bits per heavy atom. The number of carbonyl (C=O) groups excluding carboxylic acids is 2. The highest BCUT2D eigenvalue weighted by Gasteiger charge is 2.21. The molecule has 1 aromatic rings. The van der Waals surface area contributed by atoms with Gasteiger partial charge in [0.2, 0.25) is 0 Å². The standard InChI is InChI=1S/C14H14N2O4/c1-9(16)12(6-15)13(18)8-20-14(19)11-4-2-10(7-17)3-5-11/h2-5,12,16-17H,7-8H2,1H3. The summed E-state index contributed by atoms with van der Waals surface area (Å²) < 4.78 is 4.80. The SMILES string of the molecule is CC(=N)C(C#N)C(=O)COC(=O)c1ccc(CO)cc1. The second-order valence-electron chi connectivity index (χ2n) is 4.14. The lowest BCUT2D eigenvalue weighted by Crippen LogP contribution is -2.25. The molecule has 0 saturated heterocycles. The first-order valence-corrected chi connectivity index (χ1v) is 5.84. The third kappa shape index (κ3) is 4.00. The fourth-order valence-corrected chi connectivity index (χ4v) is 1.46. The Balaban J connectivity index is 2.61. The smallest absolute Gasteiger partial charge is 0.338 e. The number of hydrogen-bond acceptors (Lipinski definition) is 6. The van der Waals surface area contributed by atoms with Gasteiger partial charge in [-0.3, -0.25) is 4.79 Å². The molecule has 1 atom stereocenters. The minimum absolute atomic E-state index is 0.0825. The molecule has 0 radical (unpaired) electrons. The van der Waals surface area contributed by atoms with E-state index in [1.54, 1.807) is 18.2 Å². The van der Waals surface area contributed by atoms with Gasteiger partial charge < -0.3 is 15.3 Å². The van der Waals surface area contributed by atoms with Crippen LogP contribution in [-0.2, 0) is 16.1 Å². The van der Waals surface area contributed by atoms with Crippen LogP contribution in [0, 0.1) is 22.7 Å². The molecule has 0 spiro atoms. The summed E-state index contributed by atoms with van der Waals surface area (Å²) in [6.45, 7) is 0.673. The van der Waals surface area contributed by atoms with Gasteiger partial charge in [-0.1, -0.05) is 12.1 Å². The number of carbonyl (C=O) groups is 2. The van der Waals surface area contributed by atoms with Crippen LogP contribution in [-0.4, -0.2) is 29.2 Å². The summed E-state index contributed by atoms with van der Waals surface area (Å²) in [4.78, 5) is 23.2.